The number of carbonyl (C=O) groups excluding carboxylic acids is 1. The van der Waals surface area contributed by atoms with E-state index in [1.165, 1.54) is 28.9 Å². The van der Waals surface area contributed by atoms with Gasteiger partial charge in [-0.2, -0.15) is 18.3 Å². The van der Waals surface area contributed by atoms with E-state index in [4.69, 9.17) is 11.6 Å². The van der Waals surface area contributed by atoms with Crippen LogP contribution in [0.3, 0.4) is 0 Å². The van der Waals surface area contributed by atoms with Crippen molar-refractivity contribution in [3.05, 3.63) is 64.6 Å². The summed E-state index contributed by atoms with van der Waals surface area (Å²) in [4.78, 5) is 16.2. The molecule has 3 rings (SSSR count). The molecule has 0 atom stereocenters. The Morgan fingerprint density at radius 3 is 2.79 bits per heavy atom. The number of carbonyl (C=O) groups is 1. The fraction of sp³-hybridized carbons (Fsp3) is 0.133. The monoisotopic (exact) mass is 354 g/mol. The normalized spacial score (nSPS) is 11.7. The summed E-state index contributed by atoms with van der Waals surface area (Å²) < 4.78 is 39.3. The first-order valence-electron chi connectivity index (χ1n) is 6.79. The fourth-order valence-electron chi connectivity index (χ4n) is 2.10. The van der Waals surface area contributed by atoms with Gasteiger partial charge in [0.25, 0.3) is 5.91 Å². The lowest BCUT2D eigenvalue weighted by Crippen LogP contribution is -2.23. The Bertz CT molecular complexity index is 907. The molecular weight excluding hydrogens is 345 g/mol. The highest BCUT2D eigenvalue weighted by atomic mass is 35.5. The molecule has 0 aliphatic rings. The van der Waals surface area contributed by atoms with Gasteiger partial charge >= 0.3 is 6.18 Å². The van der Waals surface area contributed by atoms with Crippen molar-refractivity contribution in [2.75, 3.05) is 0 Å². The number of nitrogens with one attached hydrogen (secondary N) is 1. The maximum absolute atomic E-state index is 12.7. The Balaban J connectivity index is 1.73. The molecular formula is C15H10ClF3N4O. The number of hydrogen-bond donors (Lipinski definition) is 1. The largest absolute Gasteiger partial charge is 0.416 e. The van der Waals surface area contributed by atoms with Gasteiger partial charge in [-0.3, -0.25) is 4.79 Å². The van der Waals surface area contributed by atoms with Crippen LogP contribution in [0.15, 0.2) is 42.6 Å². The van der Waals surface area contributed by atoms with Crippen LogP contribution in [0.25, 0.3) is 5.65 Å². The third-order valence-electron chi connectivity index (χ3n) is 3.23. The van der Waals surface area contributed by atoms with Gasteiger partial charge in [0, 0.05) is 6.54 Å². The molecule has 0 aliphatic carbocycles. The van der Waals surface area contributed by atoms with Crippen LogP contribution in [-0.2, 0) is 12.7 Å². The Hall–Kier alpha value is -2.61. The standard InChI is InChI=1S/C15H10ClF3N4O/c16-12-4-5-13-21-11(8-23(13)22-12)14(24)20-7-9-2-1-3-10(6-9)15(17,18)19/h1-6,8H,7H2,(H,20,24). The summed E-state index contributed by atoms with van der Waals surface area (Å²) >= 11 is 5.75. The third kappa shape index (κ3) is 3.48. The van der Waals surface area contributed by atoms with E-state index in [-0.39, 0.29) is 17.4 Å². The Kier molecular flexibility index (Phi) is 4.15. The summed E-state index contributed by atoms with van der Waals surface area (Å²) in [6.07, 6.45) is -3.03. The van der Waals surface area contributed by atoms with Crippen LogP contribution >= 0.6 is 11.6 Å². The van der Waals surface area contributed by atoms with Gasteiger partial charge in [0.05, 0.1) is 11.8 Å². The predicted molar refractivity (Wildman–Crippen MR) is 80.6 cm³/mol. The molecule has 0 saturated heterocycles. The van der Waals surface area contributed by atoms with Crippen molar-refractivity contribution < 1.29 is 18.0 Å². The van der Waals surface area contributed by atoms with E-state index in [2.05, 4.69) is 15.4 Å². The number of nitrogens with zero attached hydrogens (tertiary/aromatic N) is 3. The molecule has 0 radical (unpaired) electrons. The molecule has 1 amide bonds. The summed E-state index contributed by atoms with van der Waals surface area (Å²) in [7, 11) is 0. The van der Waals surface area contributed by atoms with Crippen LogP contribution in [0.2, 0.25) is 5.15 Å². The maximum atomic E-state index is 12.7. The fourth-order valence-corrected chi connectivity index (χ4v) is 2.24. The molecule has 0 saturated carbocycles. The van der Waals surface area contributed by atoms with Crippen molar-refractivity contribution in [1.29, 1.82) is 0 Å². The zero-order valence-electron chi connectivity index (χ0n) is 12.0. The molecule has 2 aromatic heterocycles. The van der Waals surface area contributed by atoms with Crippen LogP contribution < -0.4 is 5.32 Å². The molecule has 24 heavy (non-hydrogen) atoms. The summed E-state index contributed by atoms with van der Waals surface area (Å²) in [6, 6.07) is 7.89. The van der Waals surface area contributed by atoms with Crippen LogP contribution in [0, 0.1) is 0 Å². The SMILES string of the molecule is O=C(NCc1cccc(C(F)(F)F)c1)c1cn2nc(Cl)ccc2n1. The van der Waals surface area contributed by atoms with Gasteiger partial charge in [-0.15, -0.1) is 0 Å². The Morgan fingerprint density at radius 1 is 1.25 bits per heavy atom. The highest BCUT2D eigenvalue weighted by Crippen LogP contribution is 2.29. The molecule has 5 nitrogen and oxygen atoms in total. The van der Waals surface area contributed by atoms with Crippen molar-refractivity contribution in [3.8, 4) is 0 Å². The number of fused-ring (bicyclic) bond motifs is 1. The summed E-state index contributed by atoms with van der Waals surface area (Å²) in [5.74, 6) is -0.519. The minimum atomic E-state index is -4.42. The van der Waals surface area contributed by atoms with Crippen molar-refractivity contribution in [1.82, 2.24) is 19.9 Å². The average Bonchev–Trinajstić information content (AvgIpc) is 2.95. The van der Waals surface area contributed by atoms with E-state index >= 15 is 0 Å². The number of rotatable bonds is 3. The molecule has 1 N–H and O–H groups in total. The lowest BCUT2D eigenvalue weighted by molar-refractivity contribution is -0.137. The number of alkyl halides is 3. The number of benzene rings is 1. The number of amides is 1. The summed E-state index contributed by atoms with van der Waals surface area (Å²) in [5.41, 5.74) is 0.101. The molecule has 0 aliphatic heterocycles. The lowest BCUT2D eigenvalue weighted by Gasteiger charge is -2.09. The molecule has 1 aromatic carbocycles. The van der Waals surface area contributed by atoms with Crippen LogP contribution in [0.4, 0.5) is 13.2 Å². The van der Waals surface area contributed by atoms with Crippen molar-refractivity contribution >= 4 is 23.2 Å². The number of aromatic nitrogens is 3. The van der Waals surface area contributed by atoms with Gasteiger partial charge in [0.1, 0.15) is 10.8 Å². The van der Waals surface area contributed by atoms with Crippen LogP contribution in [0.1, 0.15) is 21.6 Å². The van der Waals surface area contributed by atoms with E-state index in [1.807, 2.05) is 0 Å². The van der Waals surface area contributed by atoms with Gasteiger partial charge in [-0.1, -0.05) is 23.7 Å². The second-order valence-electron chi connectivity index (χ2n) is 4.97. The second-order valence-corrected chi connectivity index (χ2v) is 5.35. The summed E-state index contributed by atoms with van der Waals surface area (Å²) in [6.45, 7) is -0.0508. The topological polar surface area (TPSA) is 59.3 Å². The maximum Gasteiger partial charge on any atom is 0.416 e. The minimum Gasteiger partial charge on any atom is -0.347 e. The van der Waals surface area contributed by atoms with Gasteiger partial charge in [-0.25, -0.2) is 9.50 Å². The van der Waals surface area contributed by atoms with E-state index < -0.39 is 17.6 Å². The van der Waals surface area contributed by atoms with E-state index in [0.29, 0.717) is 11.2 Å². The number of halogens is 4. The molecule has 0 bridgehead atoms. The molecule has 2 heterocycles. The Labute approximate surface area is 139 Å². The minimum absolute atomic E-state index is 0.0508. The zero-order chi connectivity index (χ0) is 17.3. The van der Waals surface area contributed by atoms with Crippen molar-refractivity contribution in [2.24, 2.45) is 0 Å². The Morgan fingerprint density at radius 2 is 2.04 bits per heavy atom. The predicted octanol–water partition coefficient (Wildman–Crippen LogP) is 3.33. The first-order chi connectivity index (χ1) is 11.3. The molecule has 0 fully saturated rings. The highest BCUT2D eigenvalue weighted by molar-refractivity contribution is 6.29. The van der Waals surface area contributed by atoms with Crippen LogP contribution in [0.5, 0.6) is 0 Å². The van der Waals surface area contributed by atoms with E-state index in [0.717, 1.165) is 12.1 Å². The summed E-state index contributed by atoms with van der Waals surface area (Å²) in [5, 5.41) is 6.72. The van der Waals surface area contributed by atoms with Crippen LogP contribution in [-0.4, -0.2) is 20.5 Å². The number of hydrogen-bond acceptors (Lipinski definition) is 3. The van der Waals surface area contributed by atoms with Crippen molar-refractivity contribution in [2.45, 2.75) is 12.7 Å². The first kappa shape index (κ1) is 16.3. The first-order valence-corrected chi connectivity index (χ1v) is 7.17. The average molecular weight is 355 g/mol. The van der Waals surface area contributed by atoms with Gasteiger partial charge in [-0.05, 0) is 29.8 Å². The smallest absolute Gasteiger partial charge is 0.347 e. The quantitative estimate of drug-likeness (QED) is 0.785. The third-order valence-corrected chi connectivity index (χ3v) is 3.43. The van der Waals surface area contributed by atoms with Gasteiger partial charge in [0.2, 0.25) is 0 Å². The molecule has 0 unspecified atom stereocenters. The van der Waals surface area contributed by atoms with E-state index in [1.54, 1.807) is 6.07 Å². The molecule has 124 valence electrons. The lowest BCUT2D eigenvalue weighted by atomic mass is 10.1. The molecule has 0 spiro atoms. The highest BCUT2D eigenvalue weighted by Gasteiger charge is 2.30. The van der Waals surface area contributed by atoms with Gasteiger partial charge in [0.15, 0.2) is 5.65 Å². The van der Waals surface area contributed by atoms with Gasteiger partial charge < -0.3 is 5.32 Å². The van der Waals surface area contributed by atoms with Crippen molar-refractivity contribution in [3.63, 3.8) is 0 Å². The molecule has 9 heteroatoms. The second kappa shape index (κ2) is 6.12. The molecule has 3 aromatic rings. The van der Waals surface area contributed by atoms with E-state index in [9.17, 15) is 18.0 Å². The zero-order valence-corrected chi connectivity index (χ0v) is 12.8. The number of imidazole rings is 1.